The predicted molar refractivity (Wildman–Crippen MR) is 111 cm³/mol. The van der Waals surface area contributed by atoms with Crippen LogP contribution in [-0.4, -0.2) is 40.7 Å². The number of carbonyl (C=O) groups excluding carboxylic acids is 3. The second-order valence-corrected chi connectivity index (χ2v) is 7.87. The molecule has 1 atom stereocenters. The van der Waals surface area contributed by atoms with E-state index in [1.54, 1.807) is 4.90 Å². The Morgan fingerprint density at radius 3 is 2.45 bits per heavy atom. The second kappa shape index (κ2) is 8.83. The van der Waals surface area contributed by atoms with Gasteiger partial charge < -0.3 is 10.2 Å². The van der Waals surface area contributed by atoms with Crippen LogP contribution in [0.15, 0.2) is 42.5 Å². The molecule has 1 saturated heterocycles. The van der Waals surface area contributed by atoms with Gasteiger partial charge >= 0.3 is 6.03 Å². The summed E-state index contributed by atoms with van der Waals surface area (Å²) in [5, 5.41) is 2.41. The molecule has 1 aliphatic heterocycles. The van der Waals surface area contributed by atoms with Crippen molar-refractivity contribution in [1.82, 2.24) is 15.1 Å². The predicted octanol–water partition coefficient (Wildman–Crippen LogP) is 3.48. The van der Waals surface area contributed by atoms with Crippen molar-refractivity contribution in [3.8, 4) is 0 Å². The molecular weight excluding hydrogens is 404 g/mol. The van der Waals surface area contributed by atoms with Crippen LogP contribution in [0.2, 0.25) is 0 Å². The minimum atomic E-state index is -1.80. The van der Waals surface area contributed by atoms with Crippen LogP contribution < -0.4 is 5.32 Å². The maximum Gasteiger partial charge on any atom is 0.325 e. The molecule has 1 aliphatic rings. The number of halogens is 2. The van der Waals surface area contributed by atoms with E-state index in [-0.39, 0.29) is 5.56 Å². The Balaban J connectivity index is 1.79. The van der Waals surface area contributed by atoms with Crippen LogP contribution in [0.1, 0.15) is 37.0 Å². The molecule has 1 unspecified atom stereocenters. The highest BCUT2D eigenvalue weighted by Gasteiger charge is 2.51. The Morgan fingerprint density at radius 2 is 1.81 bits per heavy atom. The zero-order valence-corrected chi connectivity index (χ0v) is 17.7. The lowest BCUT2D eigenvalue weighted by molar-refractivity contribution is -0.139. The van der Waals surface area contributed by atoms with Crippen molar-refractivity contribution in [3.63, 3.8) is 0 Å². The van der Waals surface area contributed by atoms with E-state index < -0.39 is 41.6 Å². The number of nitrogens with one attached hydrogen (secondary N) is 1. The minimum Gasteiger partial charge on any atom is -0.337 e. The average molecular weight is 429 g/mol. The number of urea groups is 1. The van der Waals surface area contributed by atoms with Crippen LogP contribution in [-0.2, 0) is 21.7 Å². The smallest absolute Gasteiger partial charge is 0.325 e. The van der Waals surface area contributed by atoms with E-state index in [0.29, 0.717) is 19.5 Å². The summed E-state index contributed by atoms with van der Waals surface area (Å²) in [6.45, 7) is 5.50. The minimum absolute atomic E-state index is 0.286. The molecule has 0 spiro atoms. The SMILES string of the molecule is CCCN(Cc1ccc(C)cc1)C(=O)CN1C(=O)NC(C)(c2cc(F)ccc2F)C1=O. The van der Waals surface area contributed by atoms with Crippen LogP contribution in [0, 0.1) is 18.6 Å². The molecule has 0 radical (unpaired) electrons. The number of hydrogen-bond acceptors (Lipinski definition) is 3. The van der Waals surface area contributed by atoms with Crippen molar-refractivity contribution in [2.24, 2.45) is 0 Å². The molecule has 1 heterocycles. The van der Waals surface area contributed by atoms with Crippen molar-refractivity contribution in [1.29, 1.82) is 0 Å². The molecular formula is C23H25F2N3O3. The molecule has 0 saturated carbocycles. The van der Waals surface area contributed by atoms with Gasteiger partial charge in [0.15, 0.2) is 0 Å². The first-order valence-electron chi connectivity index (χ1n) is 10.1. The number of amides is 4. The molecule has 0 aliphatic carbocycles. The summed E-state index contributed by atoms with van der Waals surface area (Å²) in [5.74, 6) is -2.77. The van der Waals surface area contributed by atoms with Gasteiger partial charge in [-0.3, -0.25) is 14.5 Å². The molecule has 8 heteroatoms. The number of carbonyl (C=O) groups is 3. The highest BCUT2D eigenvalue weighted by molar-refractivity contribution is 6.09. The van der Waals surface area contributed by atoms with E-state index in [1.807, 2.05) is 38.1 Å². The summed E-state index contributed by atoms with van der Waals surface area (Å²) in [4.78, 5) is 40.8. The Morgan fingerprint density at radius 1 is 1.13 bits per heavy atom. The van der Waals surface area contributed by atoms with E-state index >= 15 is 0 Å². The van der Waals surface area contributed by atoms with Gasteiger partial charge in [-0.25, -0.2) is 13.6 Å². The second-order valence-electron chi connectivity index (χ2n) is 7.87. The van der Waals surface area contributed by atoms with Crippen LogP contribution >= 0.6 is 0 Å². The van der Waals surface area contributed by atoms with Gasteiger partial charge in [-0.1, -0.05) is 36.8 Å². The lowest BCUT2D eigenvalue weighted by atomic mass is 9.91. The first kappa shape index (κ1) is 22.4. The Hall–Kier alpha value is -3.29. The Bertz CT molecular complexity index is 1010. The normalized spacial score (nSPS) is 18.3. The fourth-order valence-corrected chi connectivity index (χ4v) is 3.61. The molecule has 0 aromatic heterocycles. The Labute approximate surface area is 179 Å². The first-order chi connectivity index (χ1) is 14.7. The van der Waals surface area contributed by atoms with E-state index in [4.69, 9.17) is 0 Å². The highest BCUT2D eigenvalue weighted by atomic mass is 19.1. The van der Waals surface area contributed by atoms with Crippen LogP contribution in [0.25, 0.3) is 0 Å². The topological polar surface area (TPSA) is 69.7 Å². The van der Waals surface area contributed by atoms with Gasteiger partial charge in [0.25, 0.3) is 5.91 Å². The number of rotatable bonds is 7. The summed E-state index contributed by atoms with van der Waals surface area (Å²) >= 11 is 0. The number of imide groups is 1. The maximum absolute atomic E-state index is 14.3. The number of benzene rings is 2. The van der Waals surface area contributed by atoms with E-state index in [0.717, 1.165) is 34.2 Å². The fraction of sp³-hybridized carbons (Fsp3) is 0.348. The van der Waals surface area contributed by atoms with Gasteiger partial charge in [-0.15, -0.1) is 0 Å². The molecule has 2 aromatic carbocycles. The van der Waals surface area contributed by atoms with Gasteiger partial charge in [0, 0.05) is 18.7 Å². The van der Waals surface area contributed by atoms with E-state index in [9.17, 15) is 23.2 Å². The molecule has 2 aromatic rings. The largest absolute Gasteiger partial charge is 0.337 e. The quantitative estimate of drug-likeness (QED) is 0.685. The zero-order valence-electron chi connectivity index (χ0n) is 17.7. The lowest BCUT2D eigenvalue weighted by Crippen LogP contribution is -2.45. The number of nitrogens with zero attached hydrogens (tertiary/aromatic N) is 2. The molecule has 164 valence electrons. The third kappa shape index (κ3) is 4.57. The van der Waals surface area contributed by atoms with Crippen molar-refractivity contribution in [2.75, 3.05) is 13.1 Å². The van der Waals surface area contributed by atoms with Crippen LogP contribution in [0.5, 0.6) is 0 Å². The van der Waals surface area contributed by atoms with Crippen LogP contribution in [0.4, 0.5) is 13.6 Å². The van der Waals surface area contributed by atoms with Crippen molar-refractivity contribution < 1.29 is 23.2 Å². The molecule has 31 heavy (non-hydrogen) atoms. The van der Waals surface area contributed by atoms with Gasteiger partial charge in [0.05, 0.1) is 0 Å². The number of aryl methyl sites for hydroxylation is 1. The monoisotopic (exact) mass is 429 g/mol. The van der Waals surface area contributed by atoms with Crippen LogP contribution in [0.3, 0.4) is 0 Å². The van der Waals surface area contributed by atoms with Crippen molar-refractivity contribution >= 4 is 17.8 Å². The maximum atomic E-state index is 14.3. The summed E-state index contributed by atoms with van der Waals surface area (Å²) in [5.41, 5.74) is -0.0572. The summed E-state index contributed by atoms with van der Waals surface area (Å²) in [6.07, 6.45) is 0.698. The third-order valence-corrected chi connectivity index (χ3v) is 5.38. The standard InChI is InChI=1S/C23H25F2N3O3/c1-4-11-27(13-16-7-5-15(2)6-8-16)20(29)14-28-21(30)23(3,26-22(28)31)18-12-17(24)9-10-19(18)25/h5-10,12H,4,11,13-14H2,1-3H3,(H,26,31). The Kier molecular flexibility index (Phi) is 6.38. The highest BCUT2D eigenvalue weighted by Crippen LogP contribution is 2.31. The fourth-order valence-electron chi connectivity index (χ4n) is 3.61. The van der Waals surface area contributed by atoms with E-state index in [2.05, 4.69) is 5.32 Å². The van der Waals surface area contributed by atoms with Gasteiger partial charge in [0.1, 0.15) is 23.7 Å². The van der Waals surface area contributed by atoms with Crippen molar-refractivity contribution in [2.45, 2.75) is 39.3 Å². The summed E-state index contributed by atoms with van der Waals surface area (Å²) in [6, 6.07) is 9.61. The molecule has 6 nitrogen and oxygen atoms in total. The lowest BCUT2D eigenvalue weighted by Gasteiger charge is -2.25. The third-order valence-electron chi connectivity index (χ3n) is 5.38. The summed E-state index contributed by atoms with van der Waals surface area (Å²) in [7, 11) is 0. The molecule has 0 bridgehead atoms. The van der Waals surface area contributed by atoms with Gasteiger partial charge in [0.2, 0.25) is 5.91 Å². The number of hydrogen-bond donors (Lipinski definition) is 1. The summed E-state index contributed by atoms with van der Waals surface area (Å²) < 4.78 is 28.0. The molecule has 4 amide bonds. The van der Waals surface area contributed by atoms with Gasteiger partial charge in [-0.2, -0.15) is 0 Å². The molecule has 1 fully saturated rings. The van der Waals surface area contributed by atoms with Crippen molar-refractivity contribution in [3.05, 3.63) is 70.8 Å². The average Bonchev–Trinajstić information content (AvgIpc) is 2.94. The first-order valence-corrected chi connectivity index (χ1v) is 10.1. The van der Waals surface area contributed by atoms with Gasteiger partial charge in [-0.05, 0) is 44.0 Å². The zero-order chi connectivity index (χ0) is 22.8. The van der Waals surface area contributed by atoms with E-state index in [1.165, 1.54) is 6.92 Å². The molecule has 1 N–H and O–H groups in total. The molecule has 3 rings (SSSR count).